The van der Waals surface area contributed by atoms with Gasteiger partial charge in [-0.05, 0) is 63.5 Å². The number of rotatable bonds is 6. The fourth-order valence-corrected chi connectivity index (χ4v) is 3.30. The van der Waals surface area contributed by atoms with Gasteiger partial charge in [-0.1, -0.05) is 6.92 Å². The molecule has 4 nitrogen and oxygen atoms in total. The quantitative estimate of drug-likeness (QED) is 0.784. The Hall–Kier alpha value is -0.610. The van der Waals surface area contributed by atoms with Gasteiger partial charge < -0.3 is 15.4 Å². The third-order valence-corrected chi connectivity index (χ3v) is 4.71. The van der Waals surface area contributed by atoms with Gasteiger partial charge in [0.05, 0.1) is 6.10 Å². The van der Waals surface area contributed by atoms with Crippen LogP contribution in [0, 0.1) is 11.8 Å². The predicted molar refractivity (Wildman–Crippen MR) is 80.6 cm³/mol. The fraction of sp³-hybridized carbons (Fsp3) is 0.938. The van der Waals surface area contributed by atoms with Crippen LogP contribution in [0.15, 0.2) is 0 Å². The molecule has 4 heteroatoms. The SMILES string of the molecule is CC(CC(=O)NCCC1CCCCO1)C1CCCNC1. The van der Waals surface area contributed by atoms with Gasteiger partial charge in [0.2, 0.25) is 5.91 Å². The van der Waals surface area contributed by atoms with Crippen molar-refractivity contribution in [2.75, 3.05) is 26.2 Å². The van der Waals surface area contributed by atoms with Crippen LogP contribution in [-0.2, 0) is 9.53 Å². The summed E-state index contributed by atoms with van der Waals surface area (Å²) in [6.07, 6.45) is 8.11. The maximum absolute atomic E-state index is 12.0. The number of carbonyl (C=O) groups is 1. The Kier molecular flexibility index (Phi) is 6.80. The average molecular weight is 282 g/mol. The van der Waals surface area contributed by atoms with E-state index < -0.39 is 0 Å². The van der Waals surface area contributed by atoms with Gasteiger partial charge in [-0.3, -0.25) is 4.79 Å². The first kappa shape index (κ1) is 15.8. The minimum absolute atomic E-state index is 0.207. The molecule has 2 rings (SSSR count). The van der Waals surface area contributed by atoms with Gasteiger partial charge in [-0.15, -0.1) is 0 Å². The standard InChI is InChI=1S/C16H30N2O2/c1-13(14-5-4-8-17-12-14)11-16(19)18-9-7-15-6-2-3-10-20-15/h13-15,17H,2-12H2,1H3,(H,18,19). The molecule has 0 aliphatic carbocycles. The zero-order chi connectivity index (χ0) is 14.2. The first-order chi connectivity index (χ1) is 9.75. The molecule has 0 aromatic rings. The zero-order valence-corrected chi connectivity index (χ0v) is 12.8. The zero-order valence-electron chi connectivity index (χ0n) is 12.8. The molecule has 0 aromatic carbocycles. The molecule has 0 bridgehead atoms. The number of nitrogens with one attached hydrogen (secondary N) is 2. The number of amides is 1. The molecule has 0 saturated carbocycles. The van der Waals surface area contributed by atoms with Crippen molar-refractivity contribution in [2.45, 2.75) is 58.0 Å². The van der Waals surface area contributed by atoms with E-state index in [2.05, 4.69) is 17.6 Å². The summed E-state index contributed by atoms with van der Waals surface area (Å²) in [6.45, 7) is 6.08. The summed E-state index contributed by atoms with van der Waals surface area (Å²) in [5, 5.41) is 6.49. The molecular formula is C16H30N2O2. The minimum atomic E-state index is 0.207. The third-order valence-electron chi connectivity index (χ3n) is 4.71. The number of ether oxygens (including phenoxy) is 1. The van der Waals surface area contributed by atoms with Gasteiger partial charge in [0.25, 0.3) is 0 Å². The molecular weight excluding hydrogens is 252 g/mol. The first-order valence-electron chi connectivity index (χ1n) is 8.34. The lowest BCUT2D eigenvalue weighted by Gasteiger charge is -2.28. The van der Waals surface area contributed by atoms with Crippen molar-refractivity contribution >= 4 is 5.91 Å². The van der Waals surface area contributed by atoms with E-state index in [1.54, 1.807) is 0 Å². The maximum atomic E-state index is 12.0. The van der Waals surface area contributed by atoms with Crippen molar-refractivity contribution in [1.29, 1.82) is 0 Å². The number of hydrogen-bond acceptors (Lipinski definition) is 3. The molecule has 1 amide bonds. The number of hydrogen-bond donors (Lipinski definition) is 2. The van der Waals surface area contributed by atoms with Gasteiger partial charge >= 0.3 is 0 Å². The van der Waals surface area contributed by atoms with E-state index in [1.807, 2.05) is 0 Å². The van der Waals surface area contributed by atoms with Gasteiger partial charge in [0, 0.05) is 19.6 Å². The van der Waals surface area contributed by atoms with Crippen LogP contribution in [0.5, 0.6) is 0 Å². The molecule has 0 spiro atoms. The highest BCUT2D eigenvalue weighted by molar-refractivity contribution is 5.76. The second kappa shape index (κ2) is 8.63. The normalized spacial score (nSPS) is 28.9. The summed E-state index contributed by atoms with van der Waals surface area (Å²) >= 11 is 0. The Labute approximate surface area is 123 Å². The van der Waals surface area contributed by atoms with E-state index in [9.17, 15) is 4.79 Å². The van der Waals surface area contributed by atoms with Crippen LogP contribution in [0.3, 0.4) is 0 Å². The molecule has 2 saturated heterocycles. The topological polar surface area (TPSA) is 50.4 Å². The van der Waals surface area contributed by atoms with E-state index in [1.165, 1.54) is 25.7 Å². The summed E-state index contributed by atoms with van der Waals surface area (Å²) in [5.41, 5.74) is 0. The van der Waals surface area contributed by atoms with E-state index in [0.29, 0.717) is 24.4 Å². The summed E-state index contributed by atoms with van der Waals surface area (Å²) in [5.74, 6) is 1.35. The molecule has 3 unspecified atom stereocenters. The van der Waals surface area contributed by atoms with Gasteiger partial charge in [-0.25, -0.2) is 0 Å². The van der Waals surface area contributed by atoms with Crippen molar-refractivity contribution in [2.24, 2.45) is 11.8 Å². The summed E-state index contributed by atoms with van der Waals surface area (Å²) in [7, 11) is 0. The molecule has 2 N–H and O–H groups in total. The molecule has 2 aliphatic heterocycles. The summed E-state index contributed by atoms with van der Waals surface area (Å²) in [6, 6.07) is 0. The van der Waals surface area contributed by atoms with Crippen molar-refractivity contribution in [1.82, 2.24) is 10.6 Å². The smallest absolute Gasteiger partial charge is 0.220 e. The van der Waals surface area contributed by atoms with Gasteiger partial charge in [0.15, 0.2) is 0 Å². The molecule has 2 fully saturated rings. The lowest BCUT2D eigenvalue weighted by atomic mass is 9.85. The Morgan fingerprint density at radius 2 is 2.25 bits per heavy atom. The fourth-order valence-electron chi connectivity index (χ4n) is 3.30. The predicted octanol–water partition coefficient (Wildman–Crippen LogP) is 2.09. The number of carbonyl (C=O) groups excluding carboxylic acids is 1. The van der Waals surface area contributed by atoms with Crippen LogP contribution in [-0.4, -0.2) is 38.3 Å². The molecule has 0 radical (unpaired) electrons. The maximum Gasteiger partial charge on any atom is 0.220 e. The molecule has 116 valence electrons. The van der Waals surface area contributed by atoms with E-state index >= 15 is 0 Å². The highest BCUT2D eigenvalue weighted by Crippen LogP contribution is 2.22. The second-order valence-corrected chi connectivity index (χ2v) is 6.42. The molecule has 2 heterocycles. The van der Waals surface area contributed by atoms with Crippen LogP contribution < -0.4 is 10.6 Å². The van der Waals surface area contributed by atoms with Gasteiger partial charge in [0.1, 0.15) is 0 Å². The lowest BCUT2D eigenvalue weighted by molar-refractivity contribution is -0.122. The Morgan fingerprint density at radius 3 is 2.95 bits per heavy atom. The summed E-state index contributed by atoms with van der Waals surface area (Å²) < 4.78 is 5.68. The van der Waals surface area contributed by atoms with Gasteiger partial charge in [-0.2, -0.15) is 0 Å². The van der Waals surface area contributed by atoms with Crippen LogP contribution in [0.4, 0.5) is 0 Å². The Morgan fingerprint density at radius 1 is 1.35 bits per heavy atom. The van der Waals surface area contributed by atoms with Crippen LogP contribution in [0.1, 0.15) is 51.9 Å². The van der Waals surface area contributed by atoms with E-state index in [-0.39, 0.29) is 5.91 Å². The molecule has 0 aromatic heterocycles. The van der Waals surface area contributed by atoms with Crippen LogP contribution in [0.25, 0.3) is 0 Å². The highest BCUT2D eigenvalue weighted by Gasteiger charge is 2.22. The second-order valence-electron chi connectivity index (χ2n) is 6.42. The molecule has 20 heavy (non-hydrogen) atoms. The van der Waals surface area contributed by atoms with E-state index in [4.69, 9.17) is 4.74 Å². The Bertz CT molecular complexity index is 284. The minimum Gasteiger partial charge on any atom is -0.378 e. The van der Waals surface area contributed by atoms with Crippen LogP contribution in [0.2, 0.25) is 0 Å². The highest BCUT2D eigenvalue weighted by atomic mass is 16.5. The van der Waals surface area contributed by atoms with Crippen molar-refractivity contribution in [3.8, 4) is 0 Å². The number of piperidine rings is 1. The summed E-state index contributed by atoms with van der Waals surface area (Å²) in [4.78, 5) is 12.0. The Balaban J connectivity index is 1.57. The lowest BCUT2D eigenvalue weighted by Crippen LogP contribution is -2.36. The van der Waals surface area contributed by atoms with Crippen molar-refractivity contribution < 1.29 is 9.53 Å². The van der Waals surface area contributed by atoms with Crippen molar-refractivity contribution in [3.05, 3.63) is 0 Å². The largest absolute Gasteiger partial charge is 0.378 e. The average Bonchev–Trinajstić information content (AvgIpc) is 2.49. The third kappa shape index (κ3) is 5.41. The van der Waals surface area contributed by atoms with Crippen LogP contribution >= 0.6 is 0 Å². The molecule has 3 atom stereocenters. The van der Waals surface area contributed by atoms with Crippen molar-refractivity contribution in [3.63, 3.8) is 0 Å². The first-order valence-corrected chi connectivity index (χ1v) is 8.34. The van der Waals surface area contributed by atoms with E-state index in [0.717, 1.165) is 39.1 Å². The molecule has 2 aliphatic rings. The monoisotopic (exact) mass is 282 g/mol.